The molecule has 0 aromatic heterocycles. The molecule has 0 radical (unpaired) electrons. The van der Waals surface area contributed by atoms with E-state index in [0.29, 0.717) is 0 Å². The molecule has 0 saturated carbocycles. The first-order valence-electron chi connectivity index (χ1n) is 7.25. The number of thioether (sulfide) groups is 1. The SMILES string of the molecule is CN=C(NCCCSc1ccccc1)NCC(C)(C)OC. The highest BCUT2D eigenvalue weighted by molar-refractivity contribution is 7.99. The smallest absolute Gasteiger partial charge is 0.191 e. The number of rotatable bonds is 8. The number of benzene rings is 1. The predicted octanol–water partition coefficient (Wildman–Crippen LogP) is 2.76. The number of hydrogen-bond donors (Lipinski definition) is 2. The van der Waals surface area contributed by atoms with Gasteiger partial charge in [0.05, 0.1) is 5.60 Å². The van der Waals surface area contributed by atoms with Crippen molar-refractivity contribution in [2.45, 2.75) is 30.8 Å². The summed E-state index contributed by atoms with van der Waals surface area (Å²) >= 11 is 1.88. The third-order valence-corrected chi connectivity index (χ3v) is 4.18. The van der Waals surface area contributed by atoms with Crippen molar-refractivity contribution in [3.8, 4) is 0 Å². The van der Waals surface area contributed by atoms with Crippen molar-refractivity contribution < 1.29 is 4.74 Å². The molecule has 0 bridgehead atoms. The fourth-order valence-electron chi connectivity index (χ4n) is 1.58. The molecule has 4 nitrogen and oxygen atoms in total. The lowest BCUT2D eigenvalue weighted by Gasteiger charge is -2.24. The minimum absolute atomic E-state index is 0.194. The Balaban J connectivity index is 2.15. The van der Waals surface area contributed by atoms with Crippen LogP contribution in [-0.2, 0) is 4.74 Å². The van der Waals surface area contributed by atoms with E-state index in [9.17, 15) is 0 Å². The van der Waals surface area contributed by atoms with Crippen molar-refractivity contribution in [3.63, 3.8) is 0 Å². The maximum Gasteiger partial charge on any atom is 0.191 e. The van der Waals surface area contributed by atoms with Crippen LogP contribution in [-0.4, -0.2) is 44.6 Å². The molecule has 0 aliphatic carbocycles. The summed E-state index contributed by atoms with van der Waals surface area (Å²) in [6.07, 6.45) is 1.09. The van der Waals surface area contributed by atoms with Crippen molar-refractivity contribution in [3.05, 3.63) is 30.3 Å². The Kier molecular flexibility index (Phi) is 8.23. The van der Waals surface area contributed by atoms with Gasteiger partial charge in [-0.25, -0.2) is 0 Å². The Morgan fingerprint density at radius 3 is 2.57 bits per heavy atom. The van der Waals surface area contributed by atoms with E-state index >= 15 is 0 Å². The quantitative estimate of drug-likeness (QED) is 0.335. The van der Waals surface area contributed by atoms with Crippen LogP contribution in [0.25, 0.3) is 0 Å². The van der Waals surface area contributed by atoms with Crippen LogP contribution in [0.3, 0.4) is 0 Å². The number of ether oxygens (including phenoxy) is 1. The van der Waals surface area contributed by atoms with Gasteiger partial charge in [0.1, 0.15) is 0 Å². The highest BCUT2D eigenvalue weighted by atomic mass is 32.2. The van der Waals surface area contributed by atoms with Gasteiger partial charge in [0.2, 0.25) is 0 Å². The second-order valence-electron chi connectivity index (χ2n) is 5.33. The second kappa shape index (κ2) is 9.68. The first-order chi connectivity index (χ1) is 10.1. The van der Waals surface area contributed by atoms with E-state index < -0.39 is 0 Å². The largest absolute Gasteiger partial charge is 0.377 e. The molecule has 0 saturated heterocycles. The fraction of sp³-hybridized carbons (Fsp3) is 0.562. The molecule has 0 spiro atoms. The molecule has 5 heteroatoms. The molecule has 2 N–H and O–H groups in total. The molecule has 0 fully saturated rings. The van der Waals surface area contributed by atoms with Crippen LogP contribution >= 0.6 is 11.8 Å². The molecule has 21 heavy (non-hydrogen) atoms. The zero-order valence-corrected chi connectivity index (χ0v) is 14.3. The van der Waals surface area contributed by atoms with Gasteiger partial charge in [-0.05, 0) is 38.2 Å². The van der Waals surface area contributed by atoms with E-state index in [1.54, 1.807) is 14.2 Å². The van der Waals surface area contributed by atoms with Crippen molar-refractivity contribution in [1.29, 1.82) is 0 Å². The topological polar surface area (TPSA) is 45.7 Å². The highest BCUT2D eigenvalue weighted by Crippen LogP contribution is 2.17. The summed E-state index contributed by atoms with van der Waals surface area (Å²) in [7, 11) is 3.51. The van der Waals surface area contributed by atoms with Crippen LogP contribution in [0.4, 0.5) is 0 Å². The number of hydrogen-bond acceptors (Lipinski definition) is 3. The van der Waals surface area contributed by atoms with Gasteiger partial charge in [0.15, 0.2) is 5.96 Å². The molecule has 0 aliphatic rings. The summed E-state index contributed by atoms with van der Waals surface area (Å²) in [5.41, 5.74) is -0.194. The van der Waals surface area contributed by atoms with E-state index in [2.05, 4.69) is 39.9 Å². The normalized spacial score (nSPS) is 12.3. The van der Waals surface area contributed by atoms with Crippen molar-refractivity contribution >= 4 is 17.7 Å². The lowest BCUT2D eigenvalue weighted by molar-refractivity contribution is 0.0268. The first kappa shape index (κ1) is 17.9. The van der Waals surface area contributed by atoms with Crippen LogP contribution in [0, 0.1) is 0 Å². The zero-order valence-electron chi connectivity index (χ0n) is 13.5. The number of nitrogens with one attached hydrogen (secondary N) is 2. The summed E-state index contributed by atoms with van der Waals surface area (Å²) in [4.78, 5) is 5.53. The third-order valence-electron chi connectivity index (χ3n) is 3.08. The average molecular weight is 309 g/mol. The molecule has 0 aliphatic heterocycles. The molecule has 118 valence electrons. The Labute approximate surface area is 132 Å². The summed E-state index contributed by atoms with van der Waals surface area (Å²) < 4.78 is 5.38. The lowest BCUT2D eigenvalue weighted by Crippen LogP contribution is -2.45. The van der Waals surface area contributed by atoms with Gasteiger partial charge in [-0.2, -0.15) is 0 Å². The Bertz CT molecular complexity index is 421. The number of nitrogens with zero attached hydrogens (tertiary/aromatic N) is 1. The number of methoxy groups -OCH3 is 1. The molecule has 0 unspecified atom stereocenters. The summed E-state index contributed by atoms with van der Waals surface area (Å²) in [5.74, 6) is 1.92. The number of aliphatic imine (C=N–C) groups is 1. The van der Waals surface area contributed by atoms with Crippen molar-refractivity contribution in [2.75, 3.05) is 33.0 Å². The maximum atomic E-state index is 5.38. The van der Waals surface area contributed by atoms with Crippen LogP contribution in [0.5, 0.6) is 0 Å². The molecule has 1 aromatic rings. The van der Waals surface area contributed by atoms with Gasteiger partial charge in [-0.15, -0.1) is 11.8 Å². The molecule has 1 aromatic carbocycles. The monoisotopic (exact) mass is 309 g/mol. The molecule has 1 rings (SSSR count). The van der Waals surface area contributed by atoms with Gasteiger partial charge in [0.25, 0.3) is 0 Å². The van der Waals surface area contributed by atoms with Crippen molar-refractivity contribution in [1.82, 2.24) is 10.6 Å². The fourth-order valence-corrected chi connectivity index (χ4v) is 2.45. The second-order valence-corrected chi connectivity index (χ2v) is 6.50. The first-order valence-corrected chi connectivity index (χ1v) is 8.23. The van der Waals surface area contributed by atoms with Gasteiger partial charge in [0, 0.05) is 32.1 Å². The van der Waals surface area contributed by atoms with E-state index in [0.717, 1.165) is 31.2 Å². The molecular weight excluding hydrogens is 282 g/mol. The minimum Gasteiger partial charge on any atom is -0.377 e. The maximum absolute atomic E-state index is 5.38. The number of guanidine groups is 1. The van der Waals surface area contributed by atoms with E-state index in [1.165, 1.54) is 4.90 Å². The van der Waals surface area contributed by atoms with Crippen LogP contribution in [0.2, 0.25) is 0 Å². The van der Waals surface area contributed by atoms with Gasteiger partial charge >= 0.3 is 0 Å². The molecule has 0 amide bonds. The Morgan fingerprint density at radius 1 is 1.24 bits per heavy atom. The summed E-state index contributed by atoms with van der Waals surface area (Å²) in [5, 5.41) is 6.60. The van der Waals surface area contributed by atoms with Gasteiger partial charge in [-0.1, -0.05) is 18.2 Å². The Morgan fingerprint density at radius 2 is 1.95 bits per heavy atom. The van der Waals surface area contributed by atoms with Crippen LogP contribution < -0.4 is 10.6 Å². The van der Waals surface area contributed by atoms with Crippen LogP contribution in [0.1, 0.15) is 20.3 Å². The van der Waals surface area contributed by atoms with E-state index in [1.807, 2.05) is 31.7 Å². The standard InChI is InChI=1S/C16H27N3OS/c1-16(2,20-4)13-19-15(17-3)18-11-8-12-21-14-9-6-5-7-10-14/h5-7,9-10H,8,11-13H2,1-4H3,(H2,17,18,19). The van der Waals surface area contributed by atoms with Gasteiger partial charge < -0.3 is 15.4 Å². The third kappa shape index (κ3) is 7.97. The van der Waals surface area contributed by atoms with E-state index in [-0.39, 0.29) is 5.60 Å². The average Bonchev–Trinajstić information content (AvgIpc) is 2.51. The zero-order chi connectivity index (χ0) is 15.6. The van der Waals surface area contributed by atoms with Gasteiger partial charge in [-0.3, -0.25) is 4.99 Å². The van der Waals surface area contributed by atoms with Crippen LogP contribution in [0.15, 0.2) is 40.2 Å². The predicted molar refractivity (Wildman–Crippen MR) is 92.2 cm³/mol. The molecule has 0 heterocycles. The lowest BCUT2D eigenvalue weighted by atomic mass is 10.1. The molecule has 0 atom stereocenters. The minimum atomic E-state index is -0.194. The summed E-state index contributed by atoms with van der Waals surface area (Å²) in [6.45, 7) is 5.72. The molecular formula is C16H27N3OS. The summed E-state index contributed by atoms with van der Waals surface area (Å²) in [6, 6.07) is 10.5. The highest BCUT2D eigenvalue weighted by Gasteiger charge is 2.16. The van der Waals surface area contributed by atoms with E-state index in [4.69, 9.17) is 4.74 Å². The van der Waals surface area contributed by atoms with Crippen molar-refractivity contribution in [2.24, 2.45) is 4.99 Å². The Hall–Kier alpha value is -1.20.